The van der Waals surface area contributed by atoms with Gasteiger partial charge in [-0.05, 0) is 18.9 Å². The second-order valence-electron chi connectivity index (χ2n) is 5.25. The van der Waals surface area contributed by atoms with Gasteiger partial charge in [-0.25, -0.2) is 0 Å². The van der Waals surface area contributed by atoms with Crippen molar-refractivity contribution in [3.63, 3.8) is 0 Å². The molecule has 0 aromatic heterocycles. The summed E-state index contributed by atoms with van der Waals surface area (Å²) in [5, 5.41) is 3.48. The monoisotopic (exact) mass is 243 g/mol. The minimum atomic E-state index is 0.514. The van der Waals surface area contributed by atoms with E-state index in [2.05, 4.69) is 33.0 Å². The highest BCUT2D eigenvalue weighted by atomic mass is 16.5. The van der Waals surface area contributed by atoms with E-state index >= 15 is 0 Å². The van der Waals surface area contributed by atoms with Crippen molar-refractivity contribution >= 4 is 0 Å². The molecule has 1 atom stereocenters. The lowest BCUT2D eigenvalue weighted by Crippen LogP contribution is -2.37. The lowest BCUT2D eigenvalue weighted by Gasteiger charge is -2.21. The maximum Gasteiger partial charge on any atom is 0.0622 e. The summed E-state index contributed by atoms with van der Waals surface area (Å²) in [6, 6.07) is 0.514. The lowest BCUT2D eigenvalue weighted by atomic mass is 10.1. The van der Waals surface area contributed by atoms with Gasteiger partial charge in [0, 0.05) is 12.6 Å². The van der Waals surface area contributed by atoms with E-state index < -0.39 is 0 Å². The van der Waals surface area contributed by atoms with Crippen molar-refractivity contribution in [3.05, 3.63) is 0 Å². The summed E-state index contributed by atoms with van der Waals surface area (Å²) in [5.41, 5.74) is 0. The zero-order chi connectivity index (χ0) is 12.9. The minimum absolute atomic E-state index is 0.514. The predicted octanol–water partition coefficient (Wildman–Crippen LogP) is 4.00. The van der Waals surface area contributed by atoms with Gasteiger partial charge in [-0.1, -0.05) is 59.8 Å². The van der Waals surface area contributed by atoms with Gasteiger partial charge in [0.1, 0.15) is 0 Å². The van der Waals surface area contributed by atoms with Gasteiger partial charge < -0.3 is 10.1 Å². The summed E-state index contributed by atoms with van der Waals surface area (Å²) in [6.45, 7) is 11.7. The van der Waals surface area contributed by atoms with Crippen LogP contribution in [-0.2, 0) is 4.74 Å². The third-order valence-corrected chi connectivity index (χ3v) is 3.21. The molecule has 104 valence electrons. The average molecular weight is 243 g/mol. The van der Waals surface area contributed by atoms with Crippen LogP contribution in [0.2, 0.25) is 0 Å². The van der Waals surface area contributed by atoms with Gasteiger partial charge in [-0.3, -0.25) is 0 Å². The molecule has 1 N–H and O–H groups in total. The highest BCUT2D eigenvalue weighted by molar-refractivity contribution is 4.68. The molecule has 2 nitrogen and oxygen atoms in total. The molecule has 0 rings (SSSR count). The number of ether oxygens (including phenoxy) is 1. The molecule has 0 spiro atoms. The quantitative estimate of drug-likeness (QED) is 0.523. The zero-order valence-electron chi connectivity index (χ0n) is 12.4. The smallest absolute Gasteiger partial charge is 0.0622 e. The van der Waals surface area contributed by atoms with E-state index in [0.717, 1.165) is 19.8 Å². The summed E-state index contributed by atoms with van der Waals surface area (Å²) in [7, 11) is 0. The maximum absolute atomic E-state index is 5.75. The highest BCUT2D eigenvalue weighted by Crippen LogP contribution is 2.06. The molecule has 0 saturated carbocycles. The number of rotatable bonds is 12. The van der Waals surface area contributed by atoms with Gasteiger partial charge >= 0.3 is 0 Å². The van der Waals surface area contributed by atoms with Crippen molar-refractivity contribution in [3.8, 4) is 0 Å². The normalized spacial score (nSPS) is 13.2. The topological polar surface area (TPSA) is 21.3 Å². The van der Waals surface area contributed by atoms with Crippen LogP contribution in [0.15, 0.2) is 0 Å². The van der Waals surface area contributed by atoms with Crippen LogP contribution in [0, 0.1) is 5.92 Å². The van der Waals surface area contributed by atoms with Crippen LogP contribution in [0.25, 0.3) is 0 Å². The first-order valence-corrected chi connectivity index (χ1v) is 7.53. The molecule has 0 aliphatic rings. The number of hydrogen-bond donors (Lipinski definition) is 1. The fraction of sp³-hybridized carbons (Fsp3) is 1.00. The minimum Gasteiger partial charge on any atom is -0.380 e. The van der Waals surface area contributed by atoms with Crippen LogP contribution in [-0.4, -0.2) is 25.8 Å². The van der Waals surface area contributed by atoms with Crippen LogP contribution in [0.1, 0.15) is 66.2 Å². The molecule has 0 heterocycles. The Labute approximate surface area is 109 Å². The molecule has 0 radical (unpaired) electrons. The summed E-state index contributed by atoms with van der Waals surface area (Å²) < 4.78 is 5.75. The average Bonchev–Trinajstić information content (AvgIpc) is 2.31. The van der Waals surface area contributed by atoms with E-state index in [4.69, 9.17) is 4.74 Å². The van der Waals surface area contributed by atoms with Crippen LogP contribution < -0.4 is 5.32 Å². The fourth-order valence-corrected chi connectivity index (χ4v) is 1.94. The third-order valence-electron chi connectivity index (χ3n) is 3.21. The van der Waals surface area contributed by atoms with E-state index in [-0.39, 0.29) is 0 Å². The van der Waals surface area contributed by atoms with Crippen molar-refractivity contribution in [1.29, 1.82) is 0 Å². The van der Waals surface area contributed by atoms with E-state index in [0.29, 0.717) is 12.0 Å². The third kappa shape index (κ3) is 10.8. The van der Waals surface area contributed by atoms with Crippen LogP contribution in [0.4, 0.5) is 0 Å². The Morgan fingerprint density at radius 3 is 2.18 bits per heavy atom. The second kappa shape index (κ2) is 12.4. The Bertz CT molecular complexity index is 148. The molecular weight excluding hydrogens is 210 g/mol. The Morgan fingerprint density at radius 1 is 0.941 bits per heavy atom. The lowest BCUT2D eigenvalue weighted by molar-refractivity contribution is 0.0954. The molecule has 0 fully saturated rings. The van der Waals surface area contributed by atoms with Gasteiger partial charge in [-0.15, -0.1) is 0 Å². The SMILES string of the molecule is CCCCCCCCOCC(NCC)C(C)C. The summed E-state index contributed by atoms with van der Waals surface area (Å²) in [4.78, 5) is 0. The van der Waals surface area contributed by atoms with Gasteiger partial charge in [0.2, 0.25) is 0 Å². The first-order chi connectivity index (χ1) is 8.22. The molecule has 0 aliphatic carbocycles. The molecule has 2 heteroatoms. The predicted molar refractivity (Wildman–Crippen MR) is 76.5 cm³/mol. The summed E-state index contributed by atoms with van der Waals surface area (Å²) in [6.07, 6.45) is 8.03. The van der Waals surface area contributed by atoms with Crippen molar-refractivity contribution in [2.45, 2.75) is 72.3 Å². The van der Waals surface area contributed by atoms with E-state index in [9.17, 15) is 0 Å². The molecule has 0 aromatic rings. The van der Waals surface area contributed by atoms with Crippen molar-refractivity contribution < 1.29 is 4.74 Å². The molecule has 0 aliphatic heterocycles. The number of likely N-dealkylation sites (N-methyl/N-ethyl adjacent to an activating group) is 1. The zero-order valence-corrected chi connectivity index (χ0v) is 12.4. The van der Waals surface area contributed by atoms with Crippen LogP contribution in [0.3, 0.4) is 0 Å². The Balaban J connectivity index is 3.30. The first kappa shape index (κ1) is 16.9. The molecule has 0 saturated heterocycles. The maximum atomic E-state index is 5.75. The number of nitrogens with one attached hydrogen (secondary N) is 1. The molecular formula is C15H33NO. The largest absolute Gasteiger partial charge is 0.380 e. The molecule has 17 heavy (non-hydrogen) atoms. The van der Waals surface area contributed by atoms with Gasteiger partial charge in [0.25, 0.3) is 0 Å². The summed E-state index contributed by atoms with van der Waals surface area (Å²) in [5.74, 6) is 0.652. The van der Waals surface area contributed by atoms with Gasteiger partial charge in [0.05, 0.1) is 6.61 Å². The van der Waals surface area contributed by atoms with Crippen molar-refractivity contribution in [1.82, 2.24) is 5.32 Å². The van der Waals surface area contributed by atoms with Crippen LogP contribution in [0.5, 0.6) is 0 Å². The Kier molecular flexibility index (Phi) is 12.3. The second-order valence-corrected chi connectivity index (χ2v) is 5.25. The fourth-order valence-electron chi connectivity index (χ4n) is 1.94. The van der Waals surface area contributed by atoms with Crippen LogP contribution >= 0.6 is 0 Å². The van der Waals surface area contributed by atoms with E-state index in [1.165, 1.54) is 38.5 Å². The van der Waals surface area contributed by atoms with Crippen molar-refractivity contribution in [2.24, 2.45) is 5.92 Å². The molecule has 0 bridgehead atoms. The molecule has 1 unspecified atom stereocenters. The Hall–Kier alpha value is -0.0800. The molecule has 0 amide bonds. The van der Waals surface area contributed by atoms with Crippen molar-refractivity contribution in [2.75, 3.05) is 19.8 Å². The Morgan fingerprint density at radius 2 is 1.59 bits per heavy atom. The van der Waals surface area contributed by atoms with E-state index in [1.807, 2.05) is 0 Å². The van der Waals surface area contributed by atoms with Gasteiger partial charge in [0.15, 0.2) is 0 Å². The van der Waals surface area contributed by atoms with E-state index in [1.54, 1.807) is 0 Å². The summed E-state index contributed by atoms with van der Waals surface area (Å²) >= 11 is 0. The standard InChI is InChI=1S/C15H33NO/c1-5-7-8-9-10-11-12-17-13-15(14(3)4)16-6-2/h14-16H,5-13H2,1-4H3. The number of hydrogen-bond acceptors (Lipinski definition) is 2. The first-order valence-electron chi connectivity index (χ1n) is 7.53. The number of unbranched alkanes of at least 4 members (excludes halogenated alkanes) is 5. The highest BCUT2D eigenvalue weighted by Gasteiger charge is 2.11. The molecule has 0 aromatic carbocycles. The van der Waals surface area contributed by atoms with Gasteiger partial charge in [-0.2, -0.15) is 0 Å².